The average molecular weight is 277 g/mol. The molecule has 0 saturated heterocycles. The van der Waals surface area contributed by atoms with Crippen LogP contribution in [0.1, 0.15) is 21.4 Å². The third-order valence-electron chi connectivity index (χ3n) is 3.07. The molecule has 0 saturated carbocycles. The summed E-state index contributed by atoms with van der Waals surface area (Å²) in [5.74, 6) is 0.783. The van der Waals surface area contributed by atoms with Gasteiger partial charge in [0.15, 0.2) is 0 Å². The SMILES string of the molecule is COc1ccccc1NC(CO)c1cc(C)sc1C. The third kappa shape index (κ3) is 3.08. The third-order valence-corrected chi connectivity index (χ3v) is 4.06. The van der Waals surface area contributed by atoms with E-state index in [1.807, 2.05) is 24.3 Å². The maximum atomic E-state index is 9.64. The Balaban J connectivity index is 2.26. The van der Waals surface area contributed by atoms with E-state index in [9.17, 15) is 5.11 Å². The molecule has 102 valence electrons. The van der Waals surface area contributed by atoms with Crippen LogP contribution < -0.4 is 10.1 Å². The highest BCUT2D eigenvalue weighted by atomic mass is 32.1. The summed E-state index contributed by atoms with van der Waals surface area (Å²) in [6, 6.07) is 9.76. The van der Waals surface area contributed by atoms with Crippen molar-refractivity contribution in [1.29, 1.82) is 0 Å². The Morgan fingerprint density at radius 3 is 2.63 bits per heavy atom. The van der Waals surface area contributed by atoms with E-state index >= 15 is 0 Å². The minimum atomic E-state index is -0.110. The number of aryl methyl sites for hydroxylation is 2. The Morgan fingerprint density at radius 2 is 2.05 bits per heavy atom. The number of hydrogen-bond acceptors (Lipinski definition) is 4. The number of benzene rings is 1. The highest BCUT2D eigenvalue weighted by molar-refractivity contribution is 7.12. The summed E-state index contributed by atoms with van der Waals surface area (Å²) in [4.78, 5) is 2.49. The zero-order valence-corrected chi connectivity index (χ0v) is 12.3. The van der Waals surface area contributed by atoms with Crippen LogP contribution in [-0.2, 0) is 0 Å². The van der Waals surface area contributed by atoms with E-state index in [1.165, 1.54) is 9.75 Å². The number of methoxy groups -OCH3 is 1. The summed E-state index contributed by atoms with van der Waals surface area (Å²) in [7, 11) is 1.65. The van der Waals surface area contributed by atoms with E-state index in [0.717, 1.165) is 17.0 Å². The Labute approximate surface area is 117 Å². The first-order chi connectivity index (χ1) is 9.15. The number of anilines is 1. The van der Waals surface area contributed by atoms with Gasteiger partial charge in [0.1, 0.15) is 5.75 Å². The van der Waals surface area contributed by atoms with Crippen molar-refractivity contribution in [2.45, 2.75) is 19.9 Å². The molecule has 0 fully saturated rings. The van der Waals surface area contributed by atoms with Gasteiger partial charge in [-0.15, -0.1) is 11.3 Å². The highest BCUT2D eigenvalue weighted by Crippen LogP contribution is 2.31. The second kappa shape index (κ2) is 6.08. The van der Waals surface area contributed by atoms with Crippen molar-refractivity contribution < 1.29 is 9.84 Å². The summed E-state index contributed by atoms with van der Waals surface area (Å²) < 4.78 is 5.32. The molecule has 0 radical (unpaired) electrons. The molecule has 1 aromatic carbocycles. The molecule has 19 heavy (non-hydrogen) atoms. The Bertz CT molecular complexity index is 551. The van der Waals surface area contributed by atoms with Crippen molar-refractivity contribution in [3.8, 4) is 5.75 Å². The summed E-state index contributed by atoms with van der Waals surface area (Å²) in [6.07, 6.45) is 0. The van der Waals surface area contributed by atoms with E-state index in [-0.39, 0.29) is 12.6 Å². The highest BCUT2D eigenvalue weighted by Gasteiger charge is 2.16. The number of ether oxygens (including phenoxy) is 1. The molecule has 0 aliphatic carbocycles. The zero-order chi connectivity index (χ0) is 13.8. The van der Waals surface area contributed by atoms with E-state index in [4.69, 9.17) is 4.74 Å². The van der Waals surface area contributed by atoms with Crippen molar-refractivity contribution in [3.05, 3.63) is 45.6 Å². The van der Waals surface area contributed by atoms with E-state index in [0.29, 0.717) is 0 Å². The number of aliphatic hydroxyl groups is 1. The van der Waals surface area contributed by atoms with Crippen LogP contribution in [-0.4, -0.2) is 18.8 Å². The monoisotopic (exact) mass is 277 g/mol. The topological polar surface area (TPSA) is 41.5 Å². The van der Waals surface area contributed by atoms with Crippen LogP contribution >= 0.6 is 11.3 Å². The Hall–Kier alpha value is -1.52. The standard InChI is InChI=1S/C15H19NO2S/c1-10-8-12(11(2)19-10)14(9-17)16-13-6-4-5-7-15(13)18-3/h4-8,14,16-17H,9H2,1-3H3. The van der Waals surface area contributed by atoms with Crippen molar-refractivity contribution in [2.24, 2.45) is 0 Å². The molecule has 2 rings (SSSR count). The quantitative estimate of drug-likeness (QED) is 0.878. The molecule has 0 aliphatic rings. The summed E-state index contributed by atoms with van der Waals surface area (Å²) >= 11 is 1.75. The Kier molecular flexibility index (Phi) is 4.45. The van der Waals surface area contributed by atoms with Gasteiger partial charge in [0.2, 0.25) is 0 Å². The lowest BCUT2D eigenvalue weighted by molar-refractivity contribution is 0.276. The van der Waals surface area contributed by atoms with Crippen LogP contribution in [0.25, 0.3) is 0 Å². The largest absolute Gasteiger partial charge is 0.495 e. The van der Waals surface area contributed by atoms with Gasteiger partial charge in [-0.1, -0.05) is 12.1 Å². The van der Waals surface area contributed by atoms with Gasteiger partial charge in [-0.05, 0) is 37.6 Å². The minimum Gasteiger partial charge on any atom is -0.495 e. The number of para-hydroxylation sites is 2. The maximum absolute atomic E-state index is 9.64. The first-order valence-electron chi connectivity index (χ1n) is 6.23. The fraction of sp³-hybridized carbons (Fsp3) is 0.333. The lowest BCUT2D eigenvalue weighted by Gasteiger charge is -2.19. The van der Waals surface area contributed by atoms with Crippen molar-refractivity contribution in [2.75, 3.05) is 19.0 Å². The van der Waals surface area contributed by atoms with Gasteiger partial charge >= 0.3 is 0 Å². The molecule has 4 heteroatoms. The maximum Gasteiger partial charge on any atom is 0.141 e. The molecule has 0 amide bonds. The average Bonchev–Trinajstić information content (AvgIpc) is 2.75. The van der Waals surface area contributed by atoms with Gasteiger partial charge in [-0.3, -0.25) is 0 Å². The van der Waals surface area contributed by atoms with E-state index in [1.54, 1.807) is 18.4 Å². The summed E-state index contributed by atoms with van der Waals surface area (Å²) in [5.41, 5.74) is 2.04. The number of hydrogen-bond donors (Lipinski definition) is 2. The minimum absolute atomic E-state index is 0.0507. The molecular formula is C15H19NO2S. The van der Waals surface area contributed by atoms with Crippen LogP contribution in [0.2, 0.25) is 0 Å². The molecule has 0 spiro atoms. The van der Waals surface area contributed by atoms with Gasteiger partial charge in [0.05, 0.1) is 25.4 Å². The molecular weight excluding hydrogens is 258 g/mol. The summed E-state index contributed by atoms with van der Waals surface area (Å²) in [5, 5.41) is 13.0. The predicted octanol–water partition coefficient (Wildman–Crippen LogP) is 3.52. The van der Waals surface area contributed by atoms with Crippen LogP contribution in [0.15, 0.2) is 30.3 Å². The van der Waals surface area contributed by atoms with E-state index < -0.39 is 0 Å². The molecule has 1 heterocycles. The zero-order valence-electron chi connectivity index (χ0n) is 11.4. The van der Waals surface area contributed by atoms with Crippen molar-refractivity contribution in [3.63, 3.8) is 0 Å². The van der Waals surface area contributed by atoms with Gasteiger partial charge in [0, 0.05) is 9.75 Å². The fourth-order valence-corrected chi connectivity index (χ4v) is 3.16. The van der Waals surface area contributed by atoms with Crippen molar-refractivity contribution in [1.82, 2.24) is 0 Å². The van der Waals surface area contributed by atoms with Gasteiger partial charge in [0.25, 0.3) is 0 Å². The van der Waals surface area contributed by atoms with Crippen LogP contribution in [0.5, 0.6) is 5.75 Å². The lowest BCUT2D eigenvalue weighted by atomic mass is 10.1. The number of aliphatic hydroxyl groups excluding tert-OH is 1. The first-order valence-corrected chi connectivity index (χ1v) is 7.04. The lowest BCUT2D eigenvalue weighted by Crippen LogP contribution is -2.15. The van der Waals surface area contributed by atoms with Crippen LogP contribution in [0.4, 0.5) is 5.69 Å². The van der Waals surface area contributed by atoms with Crippen LogP contribution in [0, 0.1) is 13.8 Å². The molecule has 2 N–H and O–H groups in total. The van der Waals surface area contributed by atoms with Crippen LogP contribution in [0.3, 0.4) is 0 Å². The number of nitrogens with one attached hydrogen (secondary N) is 1. The molecule has 0 bridgehead atoms. The molecule has 1 unspecified atom stereocenters. The molecule has 3 nitrogen and oxygen atoms in total. The first kappa shape index (κ1) is 13.9. The second-order valence-corrected chi connectivity index (χ2v) is 5.91. The van der Waals surface area contributed by atoms with E-state index in [2.05, 4.69) is 25.2 Å². The van der Waals surface area contributed by atoms with Gasteiger partial charge in [-0.2, -0.15) is 0 Å². The molecule has 1 atom stereocenters. The molecule has 0 aliphatic heterocycles. The summed E-state index contributed by atoms with van der Waals surface area (Å²) in [6.45, 7) is 4.22. The smallest absolute Gasteiger partial charge is 0.141 e. The number of thiophene rings is 1. The Morgan fingerprint density at radius 1 is 1.32 bits per heavy atom. The van der Waals surface area contributed by atoms with Gasteiger partial charge in [-0.25, -0.2) is 0 Å². The fourth-order valence-electron chi connectivity index (χ4n) is 2.17. The molecule has 1 aromatic heterocycles. The van der Waals surface area contributed by atoms with Crippen molar-refractivity contribution >= 4 is 17.0 Å². The predicted molar refractivity (Wildman–Crippen MR) is 80.2 cm³/mol. The number of rotatable bonds is 5. The normalized spacial score (nSPS) is 12.2. The molecule has 2 aromatic rings. The van der Waals surface area contributed by atoms with Gasteiger partial charge < -0.3 is 15.2 Å². The second-order valence-electron chi connectivity index (χ2n) is 4.45.